The van der Waals surface area contributed by atoms with Crippen LogP contribution in [0.5, 0.6) is 0 Å². The number of hydrogen-bond donors (Lipinski definition) is 2. The van der Waals surface area contributed by atoms with Crippen LogP contribution in [0.4, 0.5) is 4.39 Å². The van der Waals surface area contributed by atoms with Crippen LogP contribution < -0.4 is 0 Å². The van der Waals surface area contributed by atoms with E-state index in [0.29, 0.717) is 42.3 Å². The molecule has 0 spiro atoms. The number of rotatable bonds is 3. The number of carbonyl (C=O) groups excluding carboxylic acids is 1. The van der Waals surface area contributed by atoms with Gasteiger partial charge in [-0.2, -0.15) is 0 Å². The van der Waals surface area contributed by atoms with E-state index in [9.17, 15) is 9.18 Å². The van der Waals surface area contributed by atoms with Crippen molar-refractivity contribution in [2.24, 2.45) is 0 Å². The zero-order valence-electron chi connectivity index (χ0n) is 15.4. The van der Waals surface area contributed by atoms with Crippen molar-refractivity contribution in [3.8, 4) is 0 Å². The van der Waals surface area contributed by atoms with Crippen LogP contribution >= 0.6 is 11.8 Å². The molecule has 3 aliphatic rings. The number of nitrogens with zero attached hydrogens (tertiary/aromatic N) is 3. The Balaban J connectivity index is 1.57. The van der Waals surface area contributed by atoms with Gasteiger partial charge in [0.25, 0.3) is 5.91 Å². The fourth-order valence-corrected chi connectivity index (χ4v) is 4.85. The Kier molecular flexibility index (Phi) is 4.41. The zero-order chi connectivity index (χ0) is 19.3. The first-order chi connectivity index (χ1) is 12.8. The second-order valence-electron chi connectivity index (χ2n) is 7.52. The third kappa shape index (κ3) is 3.09. The summed E-state index contributed by atoms with van der Waals surface area (Å²) in [7, 11) is 0. The largest absolute Gasteiger partial charge is 0.340 e. The molecule has 3 heterocycles. The highest BCUT2D eigenvalue weighted by atomic mass is 32.2. The van der Waals surface area contributed by atoms with Crippen molar-refractivity contribution < 1.29 is 9.18 Å². The number of allylic oxidation sites excluding steroid dienone is 1. The van der Waals surface area contributed by atoms with Gasteiger partial charge < -0.3 is 10.3 Å². The number of fused-ring (bicyclic) bond motifs is 1. The molecule has 6 nitrogen and oxygen atoms in total. The summed E-state index contributed by atoms with van der Waals surface area (Å²) < 4.78 is 14.0. The molecule has 1 aromatic heterocycles. The Morgan fingerprint density at radius 1 is 1.30 bits per heavy atom. The molecule has 8 heteroatoms. The summed E-state index contributed by atoms with van der Waals surface area (Å²) in [6.45, 7) is 4.64. The fourth-order valence-electron chi connectivity index (χ4n) is 3.72. The van der Waals surface area contributed by atoms with E-state index in [2.05, 4.69) is 9.97 Å². The zero-order valence-corrected chi connectivity index (χ0v) is 16.2. The summed E-state index contributed by atoms with van der Waals surface area (Å²) >= 11 is 1.35. The minimum Gasteiger partial charge on any atom is -0.340 e. The van der Waals surface area contributed by atoms with Gasteiger partial charge in [0.05, 0.1) is 16.3 Å². The summed E-state index contributed by atoms with van der Waals surface area (Å²) in [5, 5.41) is 16.6. The van der Waals surface area contributed by atoms with Gasteiger partial charge in [-0.3, -0.25) is 10.2 Å². The topological polar surface area (TPSA) is 93.8 Å². The molecule has 0 unspecified atom stereocenters. The molecule has 142 valence electrons. The maximum atomic E-state index is 14.0. The molecule has 2 N–H and O–H groups in total. The number of hydrogen-bond acceptors (Lipinski definition) is 6. The molecule has 0 atom stereocenters. The van der Waals surface area contributed by atoms with Gasteiger partial charge in [0.1, 0.15) is 11.4 Å². The van der Waals surface area contributed by atoms with Crippen LogP contribution in [0.15, 0.2) is 16.8 Å². The van der Waals surface area contributed by atoms with Gasteiger partial charge in [-0.25, -0.2) is 14.4 Å². The number of thioether (sulfide) groups is 1. The normalized spacial score (nSPS) is 23.2. The van der Waals surface area contributed by atoms with Gasteiger partial charge in [-0.05, 0) is 45.1 Å². The minimum atomic E-state index is -1.60. The molecule has 0 bridgehead atoms. The first kappa shape index (κ1) is 18.3. The van der Waals surface area contributed by atoms with Crippen molar-refractivity contribution in [3.63, 3.8) is 0 Å². The van der Waals surface area contributed by atoms with E-state index in [-0.39, 0.29) is 11.8 Å². The molecule has 0 radical (unpaired) electrons. The number of piperidine rings is 1. The number of carbonyl (C=O) groups is 1. The van der Waals surface area contributed by atoms with Crippen molar-refractivity contribution in [1.82, 2.24) is 14.9 Å². The van der Waals surface area contributed by atoms with Crippen molar-refractivity contribution in [1.29, 1.82) is 10.8 Å². The van der Waals surface area contributed by atoms with E-state index in [4.69, 9.17) is 10.8 Å². The van der Waals surface area contributed by atoms with Crippen LogP contribution in [0.3, 0.4) is 0 Å². The number of aromatic nitrogens is 2. The highest BCUT2D eigenvalue weighted by Gasteiger charge is 2.53. The molecular weight excluding hydrogens is 365 g/mol. The van der Waals surface area contributed by atoms with Crippen molar-refractivity contribution in [2.75, 3.05) is 13.1 Å². The van der Waals surface area contributed by atoms with Gasteiger partial charge in [-0.15, -0.1) is 0 Å². The SMILES string of the molecule is CC(=N)/C(C)=C1\C(=N)Sc2c1ncnc2C1CCN(C(=O)C2(F)CC2)CC1. The van der Waals surface area contributed by atoms with Crippen LogP contribution in [-0.4, -0.2) is 50.3 Å². The fraction of sp³-hybridized carbons (Fsp3) is 0.526. The number of likely N-dealkylation sites (tertiary alicyclic amines) is 1. The van der Waals surface area contributed by atoms with E-state index in [1.807, 2.05) is 6.92 Å². The van der Waals surface area contributed by atoms with Crippen LogP contribution in [0, 0.1) is 10.8 Å². The van der Waals surface area contributed by atoms with Crippen LogP contribution in [-0.2, 0) is 4.79 Å². The second kappa shape index (κ2) is 6.51. The summed E-state index contributed by atoms with van der Waals surface area (Å²) in [5.41, 5.74) is 1.94. The molecule has 1 saturated heterocycles. The number of amides is 1. The molecule has 1 amide bonds. The van der Waals surface area contributed by atoms with E-state index in [1.54, 1.807) is 11.8 Å². The Hall–Kier alpha value is -2.09. The van der Waals surface area contributed by atoms with Gasteiger partial charge in [-0.1, -0.05) is 11.8 Å². The molecule has 1 saturated carbocycles. The molecule has 1 aliphatic carbocycles. The third-order valence-electron chi connectivity index (χ3n) is 5.68. The van der Waals surface area contributed by atoms with Crippen LogP contribution in [0.1, 0.15) is 56.8 Å². The maximum Gasteiger partial charge on any atom is 0.260 e. The Bertz CT molecular complexity index is 884. The van der Waals surface area contributed by atoms with Crippen molar-refractivity contribution in [2.45, 2.75) is 56.0 Å². The Morgan fingerprint density at radius 3 is 2.56 bits per heavy atom. The first-order valence-electron chi connectivity index (χ1n) is 9.18. The average Bonchev–Trinajstić information content (AvgIpc) is 3.31. The molecule has 4 rings (SSSR count). The highest BCUT2D eigenvalue weighted by molar-refractivity contribution is 8.15. The lowest BCUT2D eigenvalue weighted by atomic mass is 9.91. The standard InChI is InChI=1S/C19H22FN5OS/c1-10(11(2)21)13-15-16(27-17(13)22)14(23-9-24-15)12-3-7-25(8-4-12)18(26)19(20)5-6-19/h9,12,21-22H,3-8H2,1-2H3/b13-10-,21-11?,22-17?. The smallest absolute Gasteiger partial charge is 0.260 e. The summed E-state index contributed by atoms with van der Waals surface area (Å²) in [4.78, 5) is 23.6. The first-order valence-corrected chi connectivity index (χ1v) is 10.00. The number of halogens is 1. The third-order valence-corrected chi connectivity index (χ3v) is 6.69. The van der Waals surface area contributed by atoms with Crippen molar-refractivity contribution in [3.05, 3.63) is 23.3 Å². The van der Waals surface area contributed by atoms with E-state index in [1.165, 1.54) is 18.1 Å². The summed E-state index contributed by atoms with van der Waals surface area (Å²) in [6.07, 6.45) is 3.70. The minimum absolute atomic E-state index is 0.168. The van der Waals surface area contributed by atoms with E-state index >= 15 is 0 Å². The Morgan fingerprint density at radius 2 is 1.96 bits per heavy atom. The summed E-state index contributed by atoms with van der Waals surface area (Å²) in [5.74, 6) is -0.186. The van der Waals surface area contributed by atoms with E-state index < -0.39 is 5.67 Å². The van der Waals surface area contributed by atoms with Gasteiger partial charge in [0.15, 0.2) is 5.67 Å². The predicted octanol–water partition coefficient (Wildman–Crippen LogP) is 3.58. The number of nitrogens with one attached hydrogen (secondary N) is 2. The van der Waals surface area contributed by atoms with Gasteiger partial charge in [0.2, 0.25) is 0 Å². The molecule has 1 aromatic rings. The van der Waals surface area contributed by atoms with Gasteiger partial charge >= 0.3 is 0 Å². The summed E-state index contributed by atoms with van der Waals surface area (Å²) in [6, 6.07) is 0. The molecule has 27 heavy (non-hydrogen) atoms. The van der Waals surface area contributed by atoms with Gasteiger partial charge in [0, 0.05) is 30.3 Å². The lowest BCUT2D eigenvalue weighted by molar-refractivity contribution is -0.139. The van der Waals surface area contributed by atoms with Crippen LogP contribution in [0.25, 0.3) is 5.57 Å². The second-order valence-corrected chi connectivity index (χ2v) is 8.55. The maximum absolute atomic E-state index is 14.0. The van der Waals surface area contributed by atoms with Crippen LogP contribution in [0.2, 0.25) is 0 Å². The quantitative estimate of drug-likeness (QED) is 0.775. The highest BCUT2D eigenvalue weighted by Crippen LogP contribution is 2.46. The molecule has 2 aliphatic heterocycles. The average molecular weight is 387 g/mol. The monoisotopic (exact) mass is 387 g/mol. The predicted molar refractivity (Wildman–Crippen MR) is 103 cm³/mol. The van der Waals surface area contributed by atoms with Crippen molar-refractivity contribution >= 4 is 34.0 Å². The molecule has 0 aromatic carbocycles. The molecule has 2 fully saturated rings. The Labute approximate surface area is 161 Å². The number of alkyl halides is 1. The van der Waals surface area contributed by atoms with E-state index in [0.717, 1.165) is 34.7 Å². The molecular formula is C19H22FN5OS. The lowest BCUT2D eigenvalue weighted by Gasteiger charge is -2.33. The lowest BCUT2D eigenvalue weighted by Crippen LogP contribution is -2.43.